The van der Waals surface area contributed by atoms with E-state index >= 15 is 0 Å². The van der Waals surface area contributed by atoms with Crippen molar-refractivity contribution in [2.45, 2.75) is 71.4 Å². The van der Waals surface area contributed by atoms with Crippen LogP contribution in [-0.4, -0.2) is 70.2 Å². The summed E-state index contributed by atoms with van der Waals surface area (Å²) in [7, 11) is 1.56. The second kappa shape index (κ2) is 14.2. The third kappa shape index (κ3) is 9.32. The summed E-state index contributed by atoms with van der Waals surface area (Å²) in [6, 6.07) is 3.08. The van der Waals surface area contributed by atoms with Crippen molar-refractivity contribution in [3.63, 3.8) is 0 Å². The maximum Gasteiger partial charge on any atom is 0.410 e. The molecule has 39 heavy (non-hydrogen) atoms. The topological polar surface area (TPSA) is 131 Å². The molecule has 1 aliphatic heterocycles. The van der Waals surface area contributed by atoms with Crippen LogP contribution in [-0.2, 0) is 9.53 Å². The third-order valence-electron chi connectivity index (χ3n) is 5.72. The van der Waals surface area contributed by atoms with Gasteiger partial charge in [-0.2, -0.15) is 4.98 Å². The number of unbranched alkanes of at least 4 members (excludes halogenated alkanes) is 1. The number of hydrogen-bond donors (Lipinski definition) is 3. The highest BCUT2D eigenvalue weighted by Crippen LogP contribution is 2.21. The van der Waals surface area contributed by atoms with Crippen LogP contribution in [0.1, 0.15) is 65.4 Å². The molecule has 3 N–H and O–H groups in total. The van der Waals surface area contributed by atoms with Gasteiger partial charge >= 0.3 is 6.09 Å². The minimum Gasteiger partial charge on any atom is -0.481 e. The molecule has 3 rings (SSSR count). The predicted octanol–water partition coefficient (Wildman–Crippen LogP) is 4.09. The number of carbonyl (C=O) groups is 2. The van der Waals surface area contributed by atoms with E-state index < -0.39 is 17.7 Å². The number of ether oxygens (including phenoxy) is 2. The summed E-state index contributed by atoms with van der Waals surface area (Å²) in [5.41, 5.74) is 0.862. The van der Waals surface area contributed by atoms with E-state index in [0.29, 0.717) is 55.6 Å². The number of likely N-dealkylation sites (tertiary alicyclic amines) is 1. The molecular formula is C28H39N7O4. The van der Waals surface area contributed by atoms with Gasteiger partial charge in [0.1, 0.15) is 17.5 Å². The summed E-state index contributed by atoms with van der Waals surface area (Å²) >= 11 is 0. The average Bonchev–Trinajstić information content (AvgIpc) is 3.40. The molecule has 11 heteroatoms. The summed E-state index contributed by atoms with van der Waals surface area (Å²) in [6.45, 7) is 9.28. The first-order valence-electron chi connectivity index (χ1n) is 13.3. The van der Waals surface area contributed by atoms with E-state index in [1.165, 1.54) is 4.90 Å². The first-order chi connectivity index (χ1) is 18.7. The summed E-state index contributed by atoms with van der Waals surface area (Å²) in [5.74, 6) is 7.71. The maximum absolute atomic E-state index is 12.7. The molecule has 0 aliphatic carbocycles. The third-order valence-corrected chi connectivity index (χ3v) is 5.72. The number of anilines is 3. The Balaban J connectivity index is 1.52. The van der Waals surface area contributed by atoms with Crippen molar-refractivity contribution in [3.05, 3.63) is 30.1 Å². The summed E-state index contributed by atoms with van der Waals surface area (Å²) in [5, 5.41) is 9.40. The van der Waals surface area contributed by atoms with Crippen molar-refractivity contribution in [1.82, 2.24) is 25.2 Å². The van der Waals surface area contributed by atoms with Crippen LogP contribution >= 0.6 is 0 Å². The first-order valence-corrected chi connectivity index (χ1v) is 13.3. The summed E-state index contributed by atoms with van der Waals surface area (Å²) < 4.78 is 10.6. The SMILES string of the molecule is CCCNc1nc(Nc2ccnc(OC)c2)ncc1C#CCCCNC(=O)C1CCCN1C(=O)OC(C)(C)C. The highest BCUT2D eigenvalue weighted by Gasteiger charge is 2.36. The second-order valence-electron chi connectivity index (χ2n) is 10.1. The Hall–Kier alpha value is -4.07. The van der Waals surface area contributed by atoms with Gasteiger partial charge < -0.3 is 25.4 Å². The zero-order valence-electron chi connectivity index (χ0n) is 23.5. The number of nitrogens with one attached hydrogen (secondary N) is 3. The van der Waals surface area contributed by atoms with Crippen LogP contribution in [0.15, 0.2) is 24.5 Å². The quantitative estimate of drug-likeness (QED) is 0.303. The molecule has 1 unspecified atom stereocenters. The molecule has 1 saturated heterocycles. The molecule has 0 bridgehead atoms. The van der Waals surface area contributed by atoms with Crippen molar-refractivity contribution >= 4 is 29.5 Å². The van der Waals surface area contributed by atoms with Gasteiger partial charge in [-0.25, -0.2) is 14.8 Å². The molecule has 1 fully saturated rings. The lowest BCUT2D eigenvalue weighted by atomic mass is 10.2. The molecule has 3 heterocycles. The normalized spacial score (nSPS) is 14.7. The number of nitrogens with zero attached hydrogens (tertiary/aromatic N) is 4. The minimum absolute atomic E-state index is 0.152. The molecule has 0 saturated carbocycles. The summed E-state index contributed by atoms with van der Waals surface area (Å²) in [6.07, 6.45) is 6.51. The van der Waals surface area contributed by atoms with Gasteiger partial charge in [-0.05, 0) is 52.5 Å². The fraction of sp³-hybridized carbons (Fsp3) is 0.536. The van der Waals surface area contributed by atoms with Crippen LogP contribution in [0.25, 0.3) is 0 Å². The van der Waals surface area contributed by atoms with Gasteiger partial charge in [-0.3, -0.25) is 9.69 Å². The van der Waals surface area contributed by atoms with Gasteiger partial charge in [0.15, 0.2) is 0 Å². The molecular weight excluding hydrogens is 498 g/mol. The van der Waals surface area contributed by atoms with E-state index in [4.69, 9.17) is 9.47 Å². The van der Waals surface area contributed by atoms with Crippen molar-refractivity contribution in [3.8, 4) is 17.7 Å². The van der Waals surface area contributed by atoms with Gasteiger partial charge in [0.2, 0.25) is 17.7 Å². The van der Waals surface area contributed by atoms with E-state index in [0.717, 1.165) is 25.1 Å². The van der Waals surface area contributed by atoms with E-state index in [1.807, 2.05) is 20.8 Å². The lowest BCUT2D eigenvalue weighted by Gasteiger charge is -2.28. The first kappa shape index (κ1) is 29.5. The molecule has 1 atom stereocenters. The minimum atomic E-state index is -0.596. The van der Waals surface area contributed by atoms with E-state index in [-0.39, 0.29) is 5.91 Å². The molecule has 210 valence electrons. The zero-order valence-corrected chi connectivity index (χ0v) is 23.5. The average molecular weight is 538 g/mol. The molecule has 11 nitrogen and oxygen atoms in total. The fourth-order valence-electron chi connectivity index (χ4n) is 3.88. The number of rotatable bonds is 10. The van der Waals surface area contributed by atoms with Gasteiger partial charge in [-0.15, -0.1) is 0 Å². The Morgan fingerprint density at radius 1 is 1.23 bits per heavy atom. The largest absolute Gasteiger partial charge is 0.481 e. The van der Waals surface area contributed by atoms with Crippen LogP contribution < -0.4 is 20.7 Å². The number of methoxy groups -OCH3 is 1. The van der Waals surface area contributed by atoms with Crippen molar-refractivity contribution in [1.29, 1.82) is 0 Å². The Bertz CT molecular complexity index is 1190. The molecule has 2 aromatic heterocycles. The molecule has 0 radical (unpaired) electrons. The van der Waals surface area contributed by atoms with Crippen LogP contribution in [0, 0.1) is 11.8 Å². The van der Waals surface area contributed by atoms with Crippen LogP contribution in [0.5, 0.6) is 5.88 Å². The number of amides is 2. The summed E-state index contributed by atoms with van der Waals surface area (Å²) in [4.78, 5) is 39.7. The number of aromatic nitrogens is 3. The second-order valence-corrected chi connectivity index (χ2v) is 10.1. The Kier molecular flexibility index (Phi) is 10.7. The molecule has 2 aromatic rings. The molecule has 1 aliphatic rings. The van der Waals surface area contributed by atoms with Crippen molar-refractivity contribution in [2.24, 2.45) is 0 Å². The fourth-order valence-corrected chi connectivity index (χ4v) is 3.88. The number of carbonyl (C=O) groups excluding carboxylic acids is 2. The lowest BCUT2D eigenvalue weighted by molar-refractivity contribution is -0.125. The van der Waals surface area contributed by atoms with Gasteiger partial charge in [0.25, 0.3) is 0 Å². The highest BCUT2D eigenvalue weighted by molar-refractivity contribution is 5.86. The van der Waals surface area contributed by atoms with Gasteiger partial charge in [0, 0.05) is 44.0 Å². The Labute approximate surface area is 230 Å². The lowest BCUT2D eigenvalue weighted by Crippen LogP contribution is -2.47. The van der Waals surface area contributed by atoms with Crippen LogP contribution in [0.3, 0.4) is 0 Å². The number of hydrogen-bond acceptors (Lipinski definition) is 9. The zero-order chi connectivity index (χ0) is 28.3. The Morgan fingerprint density at radius 2 is 2.05 bits per heavy atom. The monoisotopic (exact) mass is 537 g/mol. The molecule has 2 amide bonds. The maximum atomic E-state index is 12.7. The van der Waals surface area contributed by atoms with Crippen LogP contribution in [0.2, 0.25) is 0 Å². The Morgan fingerprint density at radius 3 is 2.79 bits per heavy atom. The smallest absolute Gasteiger partial charge is 0.410 e. The van der Waals surface area contributed by atoms with E-state index in [2.05, 4.69) is 49.7 Å². The standard InChI is InChI=1S/C28H39N7O4/c1-6-14-30-24-20(19-32-26(34-24)33-21-13-16-29-23(18-21)38-5)11-8-7-9-15-31-25(36)22-12-10-17-35(22)27(37)39-28(2,3)4/h13,16,18-19,22H,6-7,9-10,12,14-15,17H2,1-5H3,(H,31,36)(H2,29,30,32,33,34). The molecule has 0 spiro atoms. The van der Waals surface area contributed by atoms with Crippen molar-refractivity contribution in [2.75, 3.05) is 37.4 Å². The van der Waals surface area contributed by atoms with Crippen LogP contribution in [0.4, 0.5) is 22.2 Å². The van der Waals surface area contributed by atoms with E-state index in [9.17, 15) is 9.59 Å². The van der Waals surface area contributed by atoms with Crippen molar-refractivity contribution < 1.29 is 19.1 Å². The number of pyridine rings is 1. The van der Waals surface area contributed by atoms with E-state index in [1.54, 1.807) is 31.6 Å². The van der Waals surface area contributed by atoms with Gasteiger partial charge in [0.05, 0.1) is 18.9 Å². The predicted molar refractivity (Wildman–Crippen MR) is 150 cm³/mol. The molecule has 0 aromatic carbocycles. The highest BCUT2D eigenvalue weighted by atomic mass is 16.6. The van der Waals surface area contributed by atoms with Gasteiger partial charge in [-0.1, -0.05) is 18.8 Å².